The molecule has 0 aliphatic carbocycles. The molecule has 1 aromatic carbocycles. The molecule has 0 radical (unpaired) electrons. The predicted octanol–water partition coefficient (Wildman–Crippen LogP) is 4.34. The zero-order valence-electron chi connectivity index (χ0n) is 14.3. The fraction of sp³-hybridized carbons (Fsp3) is 0.235. The first kappa shape index (κ1) is 18.3. The second-order valence-electron chi connectivity index (χ2n) is 5.67. The van der Waals surface area contributed by atoms with Crippen LogP contribution in [0.5, 0.6) is 0 Å². The molecule has 3 rings (SSSR count). The zero-order chi connectivity index (χ0) is 18.8. The summed E-state index contributed by atoms with van der Waals surface area (Å²) in [6, 6.07) is 6.08. The molecule has 0 fully saturated rings. The average molecular weight is 388 g/mol. The van der Waals surface area contributed by atoms with Crippen LogP contribution in [0.4, 0.5) is 11.4 Å². The first-order valence-electron chi connectivity index (χ1n) is 7.80. The van der Waals surface area contributed by atoms with E-state index in [9.17, 15) is 14.9 Å². The van der Waals surface area contributed by atoms with Gasteiger partial charge in [-0.2, -0.15) is 0 Å². The summed E-state index contributed by atoms with van der Waals surface area (Å²) >= 11 is 2.91. The van der Waals surface area contributed by atoms with Crippen molar-refractivity contribution < 1.29 is 9.72 Å². The van der Waals surface area contributed by atoms with Gasteiger partial charge in [-0.15, -0.1) is 11.3 Å². The van der Waals surface area contributed by atoms with Crippen molar-refractivity contribution in [2.75, 3.05) is 5.32 Å². The number of nitrogens with zero attached hydrogens (tertiary/aromatic N) is 3. The lowest BCUT2D eigenvalue weighted by Crippen LogP contribution is -2.23. The highest BCUT2D eigenvalue weighted by atomic mass is 32.2. The van der Waals surface area contributed by atoms with Crippen molar-refractivity contribution in [3.63, 3.8) is 0 Å². The van der Waals surface area contributed by atoms with Gasteiger partial charge in [0.1, 0.15) is 21.9 Å². The molecule has 0 bridgehead atoms. The number of carbonyl (C=O) groups is 1. The van der Waals surface area contributed by atoms with Crippen LogP contribution in [0.3, 0.4) is 0 Å². The van der Waals surface area contributed by atoms with Crippen LogP contribution in [0.1, 0.15) is 17.4 Å². The number of aryl methyl sites for hydroxylation is 2. The van der Waals surface area contributed by atoms with Gasteiger partial charge < -0.3 is 5.32 Å². The molecule has 134 valence electrons. The van der Waals surface area contributed by atoms with Crippen molar-refractivity contribution in [3.05, 3.63) is 51.1 Å². The van der Waals surface area contributed by atoms with Crippen LogP contribution in [0.2, 0.25) is 0 Å². The Hall–Kier alpha value is -2.52. The Labute approximate surface area is 158 Å². The van der Waals surface area contributed by atoms with E-state index in [2.05, 4.69) is 15.3 Å². The maximum atomic E-state index is 12.5. The second kappa shape index (κ2) is 7.38. The number of nitrogens with one attached hydrogen (secondary N) is 1. The summed E-state index contributed by atoms with van der Waals surface area (Å²) in [5.74, 6) is -0.319. The van der Waals surface area contributed by atoms with Crippen molar-refractivity contribution in [1.82, 2.24) is 9.97 Å². The minimum atomic E-state index is -0.515. The number of anilines is 1. The van der Waals surface area contributed by atoms with Crippen molar-refractivity contribution >= 4 is 50.6 Å². The third-order valence-corrected chi connectivity index (χ3v) is 6.16. The molecular weight excluding hydrogens is 372 g/mol. The van der Waals surface area contributed by atoms with E-state index < -0.39 is 10.2 Å². The third-order valence-electron chi connectivity index (χ3n) is 3.95. The molecule has 26 heavy (non-hydrogen) atoms. The summed E-state index contributed by atoms with van der Waals surface area (Å²) in [5, 5.41) is 14.9. The van der Waals surface area contributed by atoms with Crippen LogP contribution in [-0.2, 0) is 4.79 Å². The third kappa shape index (κ3) is 3.54. The lowest BCUT2D eigenvalue weighted by atomic mass is 10.2. The molecule has 9 heteroatoms. The van der Waals surface area contributed by atoms with Crippen molar-refractivity contribution in [1.29, 1.82) is 0 Å². The lowest BCUT2D eigenvalue weighted by Gasteiger charge is -2.12. The highest BCUT2D eigenvalue weighted by Crippen LogP contribution is 2.36. The summed E-state index contributed by atoms with van der Waals surface area (Å²) in [4.78, 5) is 33.8. The molecule has 0 saturated heterocycles. The fourth-order valence-corrected chi connectivity index (χ4v) is 4.47. The minimum absolute atomic E-state index is 0.133. The van der Waals surface area contributed by atoms with Gasteiger partial charge in [0, 0.05) is 16.3 Å². The Morgan fingerprint density at radius 3 is 2.77 bits per heavy atom. The molecule has 1 amide bonds. The Morgan fingerprint density at radius 1 is 1.31 bits per heavy atom. The maximum Gasteiger partial charge on any atom is 0.292 e. The summed E-state index contributed by atoms with van der Waals surface area (Å²) in [6.07, 6.45) is 1.49. The van der Waals surface area contributed by atoms with Gasteiger partial charge in [-0.05, 0) is 32.4 Å². The van der Waals surface area contributed by atoms with Crippen LogP contribution in [-0.4, -0.2) is 26.0 Å². The number of thioether (sulfide) groups is 1. The Balaban J connectivity index is 1.82. The number of nitro groups is 1. The number of para-hydroxylation sites is 2. The van der Waals surface area contributed by atoms with E-state index in [-0.39, 0.29) is 17.3 Å². The van der Waals surface area contributed by atoms with Gasteiger partial charge >= 0.3 is 0 Å². The van der Waals surface area contributed by atoms with E-state index in [1.54, 1.807) is 30.4 Å². The van der Waals surface area contributed by atoms with E-state index in [1.807, 2.05) is 13.8 Å². The van der Waals surface area contributed by atoms with Crippen molar-refractivity contribution in [2.24, 2.45) is 0 Å². The van der Waals surface area contributed by atoms with Crippen LogP contribution >= 0.6 is 23.1 Å². The first-order chi connectivity index (χ1) is 12.4. The van der Waals surface area contributed by atoms with Gasteiger partial charge in [0.2, 0.25) is 5.91 Å². The number of aromatic nitrogens is 2. The molecule has 2 heterocycles. The minimum Gasteiger partial charge on any atom is -0.319 e. The van der Waals surface area contributed by atoms with E-state index in [0.29, 0.717) is 0 Å². The number of hydrogen-bond acceptors (Lipinski definition) is 7. The molecule has 2 aromatic heterocycles. The van der Waals surface area contributed by atoms with E-state index in [4.69, 9.17) is 0 Å². The van der Waals surface area contributed by atoms with E-state index in [1.165, 1.54) is 35.1 Å². The number of benzene rings is 1. The normalized spacial score (nSPS) is 12.1. The first-order valence-corrected chi connectivity index (χ1v) is 9.49. The largest absolute Gasteiger partial charge is 0.319 e. The van der Waals surface area contributed by atoms with Crippen LogP contribution < -0.4 is 5.32 Å². The molecular formula is C17H16N4O3S2. The molecule has 0 aliphatic rings. The van der Waals surface area contributed by atoms with Gasteiger partial charge in [0.05, 0.1) is 10.2 Å². The van der Waals surface area contributed by atoms with Crippen molar-refractivity contribution in [2.45, 2.75) is 31.0 Å². The average Bonchev–Trinajstić information content (AvgIpc) is 2.90. The second-order valence-corrected chi connectivity index (χ2v) is 8.20. The topological polar surface area (TPSA) is 98.0 Å². The predicted molar refractivity (Wildman–Crippen MR) is 104 cm³/mol. The monoisotopic (exact) mass is 388 g/mol. The highest BCUT2D eigenvalue weighted by molar-refractivity contribution is 8.00. The molecule has 1 N–H and O–H groups in total. The number of rotatable bonds is 5. The van der Waals surface area contributed by atoms with E-state index in [0.717, 1.165) is 20.8 Å². The van der Waals surface area contributed by atoms with Crippen LogP contribution in [0.15, 0.2) is 35.6 Å². The Morgan fingerprint density at radius 2 is 2.04 bits per heavy atom. The van der Waals surface area contributed by atoms with Gasteiger partial charge in [0.15, 0.2) is 0 Å². The number of fused-ring (bicyclic) bond motifs is 1. The van der Waals surface area contributed by atoms with Crippen molar-refractivity contribution in [3.8, 4) is 0 Å². The fourth-order valence-electron chi connectivity index (χ4n) is 2.43. The lowest BCUT2D eigenvalue weighted by molar-refractivity contribution is -0.383. The maximum absolute atomic E-state index is 12.5. The number of nitro benzene ring substituents is 1. The summed E-state index contributed by atoms with van der Waals surface area (Å²) in [5.41, 5.74) is 1.16. The zero-order valence-corrected chi connectivity index (χ0v) is 16.0. The SMILES string of the molecule is Cc1sc2ncnc(SC(C)C(=O)Nc3ccccc3[N+](=O)[O-])c2c1C. The number of amides is 1. The quantitative estimate of drug-likeness (QED) is 0.302. The summed E-state index contributed by atoms with van der Waals surface area (Å²) in [6.45, 7) is 5.79. The molecule has 0 aliphatic heterocycles. The number of thiophene rings is 1. The molecule has 0 spiro atoms. The van der Waals surface area contributed by atoms with Gasteiger partial charge in [0.25, 0.3) is 5.69 Å². The Kier molecular flexibility index (Phi) is 5.19. The molecule has 7 nitrogen and oxygen atoms in total. The van der Waals surface area contributed by atoms with Gasteiger partial charge in [-0.3, -0.25) is 14.9 Å². The summed E-state index contributed by atoms with van der Waals surface area (Å²) < 4.78 is 0. The molecule has 0 saturated carbocycles. The Bertz CT molecular complexity index is 1000. The molecule has 3 aromatic rings. The van der Waals surface area contributed by atoms with E-state index >= 15 is 0 Å². The molecule has 1 unspecified atom stereocenters. The van der Waals surface area contributed by atoms with Gasteiger partial charge in [-0.1, -0.05) is 23.9 Å². The summed E-state index contributed by atoms with van der Waals surface area (Å²) in [7, 11) is 0. The number of hydrogen-bond donors (Lipinski definition) is 1. The van der Waals surface area contributed by atoms with Gasteiger partial charge in [-0.25, -0.2) is 9.97 Å². The standard InChI is InChI=1S/C17H16N4O3S2/c1-9-10(2)25-16-14(9)17(19-8-18-16)26-11(3)15(22)20-12-6-4-5-7-13(12)21(23)24/h4-8,11H,1-3H3,(H,20,22). The van der Waals surface area contributed by atoms with Crippen LogP contribution in [0.25, 0.3) is 10.2 Å². The number of carbonyl (C=O) groups excluding carboxylic acids is 1. The smallest absolute Gasteiger partial charge is 0.292 e. The van der Waals surface area contributed by atoms with Crippen LogP contribution in [0, 0.1) is 24.0 Å². The highest BCUT2D eigenvalue weighted by Gasteiger charge is 2.22. The molecule has 1 atom stereocenters.